The van der Waals surface area contributed by atoms with E-state index < -0.39 is 0 Å². The maximum atomic E-state index is 5.94. The summed E-state index contributed by atoms with van der Waals surface area (Å²) in [5, 5.41) is 0. The Labute approximate surface area is 132 Å². The average Bonchev–Trinajstić information content (AvgIpc) is 2.48. The van der Waals surface area contributed by atoms with Crippen LogP contribution < -0.4 is 5.73 Å². The summed E-state index contributed by atoms with van der Waals surface area (Å²) in [6.45, 7) is 3.82. The van der Waals surface area contributed by atoms with Gasteiger partial charge in [0.25, 0.3) is 0 Å². The molecule has 0 heterocycles. The van der Waals surface area contributed by atoms with Crippen LogP contribution in [0.15, 0.2) is 54.6 Å². The lowest BCUT2D eigenvalue weighted by atomic mass is 9.98. The first-order valence-electron chi connectivity index (χ1n) is 7.14. The Morgan fingerprint density at radius 1 is 1.10 bits per heavy atom. The van der Waals surface area contributed by atoms with E-state index in [-0.39, 0.29) is 5.92 Å². The van der Waals surface area contributed by atoms with Gasteiger partial charge in [-0.25, -0.2) is 0 Å². The van der Waals surface area contributed by atoms with Gasteiger partial charge >= 0.3 is 0 Å². The lowest BCUT2D eigenvalue weighted by molar-refractivity contribution is 0.323. The van der Waals surface area contributed by atoms with E-state index in [2.05, 4.69) is 55.3 Å². The summed E-state index contributed by atoms with van der Waals surface area (Å²) in [6, 6.07) is 18.9. The first kappa shape index (κ1) is 15.7. The Bertz CT molecular complexity index is 578. The summed E-state index contributed by atoms with van der Waals surface area (Å²) < 4.78 is 0. The van der Waals surface area contributed by atoms with Crippen molar-refractivity contribution in [3.05, 3.63) is 71.3 Å². The van der Waals surface area contributed by atoms with Crippen LogP contribution in [0.2, 0.25) is 0 Å². The van der Waals surface area contributed by atoms with Gasteiger partial charge in [0.15, 0.2) is 0 Å². The second-order valence-corrected chi connectivity index (χ2v) is 6.02. The van der Waals surface area contributed by atoms with Crippen molar-refractivity contribution in [2.24, 2.45) is 5.73 Å². The van der Waals surface area contributed by atoms with Gasteiger partial charge in [0.2, 0.25) is 0 Å². The third-order valence-corrected chi connectivity index (χ3v) is 3.90. The van der Waals surface area contributed by atoms with Crippen LogP contribution in [0.4, 0.5) is 0 Å². The normalized spacial score (nSPS) is 12.3. The summed E-state index contributed by atoms with van der Waals surface area (Å²) in [5.41, 5.74) is 9.70. The summed E-state index contributed by atoms with van der Waals surface area (Å²) >= 11 is 5.25. The van der Waals surface area contributed by atoms with E-state index in [9.17, 15) is 0 Å². The molecular formula is C18H22N2S. The van der Waals surface area contributed by atoms with E-state index in [1.165, 1.54) is 16.7 Å². The Hall–Kier alpha value is -1.71. The van der Waals surface area contributed by atoms with Gasteiger partial charge in [-0.15, -0.1) is 0 Å². The van der Waals surface area contributed by atoms with Crippen LogP contribution in [-0.4, -0.2) is 23.5 Å². The predicted molar refractivity (Wildman–Crippen MR) is 93.5 cm³/mol. The van der Waals surface area contributed by atoms with Crippen molar-refractivity contribution in [3.8, 4) is 0 Å². The minimum atomic E-state index is 0.0941. The Morgan fingerprint density at radius 2 is 1.71 bits per heavy atom. The lowest BCUT2D eigenvalue weighted by Crippen LogP contribution is -2.31. The largest absolute Gasteiger partial charge is 0.393 e. The fourth-order valence-corrected chi connectivity index (χ4v) is 2.64. The van der Waals surface area contributed by atoms with E-state index in [0.717, 1.165) is 13.1 Å². The number of aryl methyl sites for hydroxylation is 1. The molecule has 0 saturated heterocycles. The van der Waals surface area contributed by atoms with Gasteiger partial charge in [0.05, 0.1) is 4.99 Å². The molecule has 0 aliphatic carbocycles. The molecule has 2 aromatic rings. The zero-order valence-electron chi connectivity index (χ0n) is 12.6. The molecule has 0 aliphatic rings. The second kappa shape index (κ2) is 7.34. The van der Waals surface area contributed by atoms with Crippen molar-refractivity contribution in [1.29, 1.82) is 0 Å². The van der Waals surface area contributed by atoms with Crippen LogP contribution in [0.25, 0.3) is 0 Å². The molecule has 0 amide bonds. The van der Waals surface area contributed by atoms with E-state index in [4.69, 9.17) is 18.0 Å². The van der Waals surface area contributed by atoms with Gasteiger partial charge in [-0.3, -0.25) is 0 Å². The maximum Gasteiger partial charge on any atom is 0.0816 e. The fraction of sp³-hybridized carbons (Fsp3) is 0.278. The minimum Gasteiger partial charge on any atom is -0.393 e. The third kappa shape index (κ3) is 4.66. The quantitative estimate of drug-likeness (QED) is 0.828. The lowest BCUT2D eigenvalue weighted by Gasteiger charge is -2.24. The number of nitrogens with two attached hydrogens (primary N) is 1. The van der Waals surface area contributed by atoms with Crippen molar-refractivity contribution in [3.63, 3.8) is 0 Å². The summed E-state index contributed by atoms with van der Waals surface area (Å²) in [6.07, 6.45) is 0. The molecule has 0 aromatic heterocycles. The molecule has 21 heavy (non-hydrogen) atoms. The molecule has 110 valence electrons. The van der Waals surface area contributed by atoms with Crippen LogP contribution in [0.1, 0.15) is 22.6 Å². The zero-order valence-corrected chi connectivity index (χ0v) is 13.4. The Morgan fingerprint density at radius 3 is 2.29 bits per heavy atom. The van der Waals surface area contributed by atoms with E-state index in [1.54, 1.807) is 0 Å². The van der Waals surface area contributed by atoms with Crippen molar-refractivity contribution < 1.29 is 0 Å². The third-order valence-electron chi connectivity index (χ3n) is 3.61. The average molecular weight is 298 g/mol. The number of nitrogens with zero attached hydrogens (tertiary/aromatic N) is 1. The molecular weight excluding hydrogens is 276 g/mol. The molecule has 3 heteroatoms. The van der Waals surface area contributed by atoms with Gasteiger partial charge in [-0.2, -0.15) is 0 Å². The molecule has 1 unspecified atom stereocenters. The highest BCUT2D eigenvalue weighted by Crippen LogP contribution is 2.18. The maximum absolute atomic E-state index is 5.94. The molecule has 0 bridgehead atoms. The van der Waals surface area contributed by atoms with Crippen LogP contribution in [0, 0.1) is 6.92 Å². The van der Waals surface area contributed by atoms with Crippen molar-refractivity contribution in [2.75, 3.05) is 13.6 Å². The first-order valence-corrected chi connectivity index (χ1v) is 7.55. The standard InChI is InChI=1S/C18H22N2S/c1-14-8-10-15(11-9-14)12-20(2)13-17(18(19)21)16-6-4-3-5-7-16/h3-11,17H,12-13H2,1-2H3,(H2,19,21). The van der Waals surface area contributed by atoms with E-state index in [0.29, 0.717) is 4.99 Å². The molecule has 0 aliphatic heterocycles. The highest BCUT2D eigenvalue weighted by atomic mass is 32.1. The first-order chi connectivity index (χ1) is 10.1. The second-order valence-electron chi connectivity index (χ2n) is 5.55. The van der Waals surface area contributed by atoms with Crippen molar-refractivity contribution >= 4 is 17.2 Å². The highest BCUT2D eigenvalue weighted by Gasteiger charge is 2.16. The molecule has 2 aromatic carbocycles. The number of likely N-dealkylation sites (N-methyl/N-ethyl adjacent to an activating group) is 1. The van der Waals surface area contributed by atoms with Crippen LogP contribution >= 0.6 is 12.2 Å². The monoisotopic (exact) mass is 298 g/mol. The number of rotatable bonds is 6. The number of hydrogen-bond acceptors (Lipinski definition) is 2. The number of hydrogen-bond donors (Lipinski definition) is 1. The minimum absolute atomic E-state index is 0.0941. The fourth-order valence-electron chi connectivity index (χ4n) is 2.43. The molecule has 2 rings (SSSR count). The van der Waals surface area contributed by atoms with Crippen molar-refractivity contribution in [2.45, 2.75) is 19.4 Å². The molecule has 0 radical (unpaired) electrons. The Kier molecular flexibility index (Phi) is 5.48. The molecule has 0 spiro atoms. The van der Waals surface area contributed by atoms with Crippen LogP contribution in [0.3, 0.4) is 0 Å². The topological polar surface area (TPSA) is 29.3 Å². The van der Waals surface area contributed by atoms with Crippen molar-refractivity contribution in [1.82, 2.24) is 4.90 Å². The summed E-state index contributed by atoms with van der Waals surface area (Å²) in [5.74, 6) is 0.0941. The highest BCUT2D eigenvalue weighted by molar-refractivity contribution is 7.80. The SMILES string of the molecule is Cc1ccc(CN(C)CC(C(N)=S)c2ccccc2)cc1. The van der Waals surface area contributed by atoms with Gasteiger partial charge in [-0.1, -0.05) is 72.4 Å². The number of benzene rings is 2. The van der Waals surface area contributed by atoms with Gasteiger partial charge < -0.3 is 10.6 Å². The molecule has 2 N–H and O–H groups in total. The summed E-state index contributed by atoms with van der Waals surface area (Å²) in [4.78, 5) is 2.82. The van der Waals surface area contributed by atoms with Crippen LogP contribution in [0.5, 0.6) is 0 Å². The van der Waals surface area contributed by atoms with Gasteiger partial charge in [0.1, 0.15) is 0 Å². The molecule has 0 fully saturated rings. The smallest absolute Gasteiger partial charge is 0.0816 e. The van der Waals surface area contributed by atoms with E-state index in [1.807, 2.05) is 18.2 Å². The Balaban J connectivity index is 2.03. The number of thiocarbonyl (C=S) groups is 1. The summed E-state index contributed by atoms with van der Waals surface area (Å²) in [7, 11) is 2.11. The van der Waals surface area contributed by atoms with Gasteiger partial charge in [-0.05, 0) is 25.1 Å². The van der Waals surface area contributed by atoms with Gasteiger partial charge in [0, 0.05) is 19.0 Å². The van der Waals surface area contributed by atoms with Crippen LogP contribution in [-0.2, 0) is 6.54 Å². The molecule has 2 nitrogen and oxygen atoms in total. The van der Waals surface area contributed by atoms with E-state index >= 15 is 0 Å². The predicted octanol–water partition coefficient (Wildman–Crippen LogP) is 3.50. The molecule has 0 saturated carbocycles. The zero-order chi connectivity index (χ0) is 15.2. The molecule has 1 atom stereocenters.